The Morgan fingerprint density at radius 1 is 1.17 bits per heavy atom. The van der Waals surface area contributed by atoms with Crippen molar-refractivity contribution in [3.8, 4) is 5.69 Å². The average Bonchev–Trinajstić information content (AvgIpc) is 3.33. The van der Waals surface area contributed by atoms with Crippen LogP contribution in [-0.4, -0.2) is 15.7 Å². The molecule has 24 heavy (non-hydrogen) atoms. The van der Waals surface area contributed by atoms with Gasteiger partial charge in [-0.15, -0.1) is 0 Å². The van der Waals surface area contributed by atoms with Gasteiger partial charge in [-0.2, -0.15) is 5.10 Å². The second-order valence-electron chi connectivity index (χ2n) is 5.71. The van der Waals surface area contributed by atoms with Gasteiger partial charge >= 0.3 is 0 Å². The van der Waals surface area contributed by atoms with Crippen LogP contribution in [0.1, 0.15) is 23.4 Å². The Morgan fingerprint density at radius 3 is 2.83 bits per heavy atom. The van der Waals surface area contributed by atoms with Crippen LogP contribution < -0.4 is 5.32 Å². The SMILES string of the molecule is O=C(C=Cc1ccco1)Nc1c2c(nn1-c1ccccc1)CCC2. The van der Waals surface area contributed by atoms with E-state index < -0.39 is 0 Å². The van der Waals surface area contributed by atoms with Crippen molar-refractivity contribution in [3.63, 3.8) is 0 Å². The number of aryl methyl sites for hydroxylation is 1. The predicted molar refractivity (Wildman–Crippen MR) is 92.0 cm³/mol. The monoisotopic (exact) mass is 319 g/mol. The highest BCUT2D eigenvalue weighted by Gasteiger charge is 2.23. The van der Waals surface area contributed by atoms with Gasteiger partial charge in [-0.1, -0.05) is 18.2 Å². The maximum Gasteiger partial charge on any atom is 0.249 e. The minimum absolute atomic E-state index is 0.196. The first-order chi connectivity index (χ1) is 11.8. The van der Waals surface area contributed by atoms with Crippen LogP contribution in [0, 0.1) is 0 Å². The highest BCUT2D eigenvalue weighted by atomic mass is 16.3. The highest BCUT2D eigenvalue weighted by molar-refractivity contribution is 6.02. The number of carbonyl (C=O) groups is 1. The molecule has 120 valence electrons. The van der Waals surface area contributed by atoms with Crippen molar-refractivity contribution in [1.82, 2.24) is 9.78 Å². The van der Waals surface area contributed by atoms with E-state index in [2.05, 4.69) is 10.4 Å². The molecule has 0 saturated carbocycles. The second kappa shape index (κ2) is 6.20. The van der Waals surface area contributed by atoms with Gasteiger partial charge in [-0.3, -0.25) is 4.79 Å². The lowest BCUT2D eigenvalue weighted by atomic mass is 10.2. The van der Waals surface area contributed by atoms with E-state index >= 15 is 0 Å². The molecule has 0 bridgehead atoms. The molecule has 2 aromatic heterocycles. The first-order valence-corrected chi connectivity index (χ1v) is 8.00. The molecular formula is C19H17N3O2. The number of benzene rings is 1. The summed E-state index contributed by atoms with van der Waals surface area (Å²) in [7, 11) is 0. The van der Waals surface area contributed by atoms with Crippen molar-refractivity contribution in [3.05, 3.63) is 71.8 Å². The van der Waals surface area contributed by atoms with E-state index in [0.717, 1.165) is 42.0 Å². The molecule has 0 radical (unpaired) electrons. The normalized spacial score (nSPS) is 13.3. The second-order valence-corrected chi connectivity index (χ2v) is 5.71. The lowest BCUT2D eigenvalue weighted by Crippen LogP contribution is -2.13. The lowest BCUT2D eigenvalue weighted by Gasteiger charge is -2.09. The number of aromatic nitrogens is 2. The van der Waals surface area contributed by atoms with Crippen molar-refractivity contribution in [1.29, 1.82) is 0 Å². The Kier molecular flexibility index (Phi) is 3.75. The summed E-state index contributed by atoms with van der Waals surface area (Å²) in [6.07, 6.45) is 7.69. The van der Waals surface area contributed by atoms with Crippen LogP contribution in [0.2, 0.25) is 0 Å². The maximum absolute atomic E-state index is 12.3. The molecule has 5 nitrogen and oxygen atoms in total. The average molecular weight is 319 g/mol. The third-order valence-corrected chi connectivity index (χ3v) is 4.09. The Balaban J connectivity index is 1.63. The number of nitrogens with one attached hydrogen (secondary N) is 1. The number of fused-ring (bicyclic) bond motifs is 1. The summed E-state index contributed by atoms with van der Waals surface area (Å²) in [6, 6.07) is 13.4. The summed E-state index contributed by atoms with van der Waals surface area (Å²) < 4.78 is 7.02. The van der Waals surface area contributed by atoms with Crippen molar-refractivity contribution in [2.24, 2.45) is 0 Å². The third kappa shape index (κ3) is 2.76. The zero-order chi connectivity index (χ0) is 16.4. The summed E-state index contributed by atoms with van der Waals surface area (Å²) in [4.78, 5) is 12.3. The van der Waals surface area contributed by atoms with E-state index in [1.165, 1.54) is 6.08 Å². The van der Waals surface area contributed by atoms with Crippen LogP contribution in [0.5, 0.6) is 0 Å². The van der Waals surface area contributed by atoms with Crippen LogP contribution in [0.15, 0.2) is 59.2 Å². The van der Waals surface area contributed by atoms with Crippen LogP contribution >= 0.6 is 0 Å². The lowest BCUT2D eigenvalue weighted by molar-refractivity contribution is -0.111. The van der Waals surface area contributed by atoms with Gasteiger partial charge in [0.25, 0.3) is 0 Å². The fraction of sp³-hybridized carbons (Fsp3) is 0.158. The number of rotatable bonds is 4. The molecule has 3 aromatic rings. The molecule has 0 unspecified atom stereocenters. The number of furan rings is 1. The zero-order valence-corrected chi connectivity index (χ0v) is 13.1. The fourth-order valence-corrected chi connectivity index (χ4v) is 2.98. The molecular weight excluding hydrogens is 302 g/mol. The fourth-order valence-electron chi connectivity index (χ4n) is 2.98. The molecule has 0 atom stereocenters. The molecule has 1 aliphatic rings. The largest absolute Gasteiger partial charge is 0.465 e. The number of amides is 1. The van der Waals surface area contributed by atoms with E-state index in [4.69, 9.17) is 4.42 Å². The van der Waals surface area contributed by atoms with Crippen molar-refractivity contribution >= 4 is 17.8 Å². The topological polar surface area (TPSA) is 60.1 Å². The molecule has 4 rings (SSSR count). The van der Waals surface area contributed by atoms with Gasteiger partial charge in [0.2, 0.25) is 5.91 Å². The number of hydrogen-bond acceptors (Lipinski definition) is 3. The molecule has 5 heteroatoms. The molecule has 0 saturated heterocycles. The smallest absolute Gasteiger partial charge is 0.249 e. The van der Waals surface area contributed by atoms with Crippen LogP contribution in [-0.2, 0) is 17.6 Å². The van der Waals surface area contributed by atoms with Gasteiger partial charge in [0, 0.05) is 11.6 Å². The van der Waals surface area contributed by atoms with E-state index in [0.29, 0.717) is 5.76 Å². The molecule has 2 heterocycles. The quantitative estimate of drug-likeness (QED) is 0.747. The Hall–Kier alpha value is -3.08. The Labute approximate surface area is 139 Å². The molecule has 1 aliphatic carbocycles. The van der Waals surface area contributed by atoms with Gasteiger partial charge < -0.3 is 9.73 Å². The van der Waals surface area contributed by atoms with Gasteiger partial charge in [-0.05, 0) is 49.6 Å². The van der Waals surface area contributed by atoms with Crippen LogP contribution in [0.25, 0.3) is 11.8 Å². The Morgan fingerprint density at radius 2 is 2.04 bits per heavy atom. The number of nitrogens with zero attached hydrogens (tertiary/aromatic N) is 2. The van der Waals surface area contributed by atoms with E-state index in [1.807, 2.05) is 35.0 Å². The summed E-state index contributed by atoms with van der Waals surface area (Å²) in [5, 5.41) is 7.67. The number of carbonyl (C=O) groups excluding carboxylic acids is 1. The van der Waals surface area contributed by atoms with E-state index in [9.17, 15) is 4.79 Å². The maximum atomic E-state index is 12.3. The standard InChI is InChI=1S/C19H17N3O2/c23-18(12-11-15-8-5-13-24-15)20-19-16-9-4-10-17(16)21-22(19)14-6-2-1-3-7-14/h1-3,5-8,11-13H,4,9-10H2,(H,20,23). The molecule has 0 aliphatic heterocycles. The molecule has 1 N–H and O–H groups in total. The van der Waals surface area contributed by atoms with Gasteiger partial charge in [0.15, 0.2) is 0 Å². The number of hydrogen-bond donors (Lipinski definition) is 1. The van der Waals surface area contributed by atoms with Crippen molar-refractivity contribution in [2.45, 2.75) is 19.3 Å². The first-order valence-electron chi connectivity index (χ1n) is 8.00. The summed E-state index contributed by atoms with van der Waals surface area (Å²) >= 11 is 0. The number of anilines is 1. The predicted octanol–water partition coefficient (Wildman–Crippen LogP) is 3.61. The molecule has 0 spiro atoms. The van der Waals surface area contributed by atoms with Crippen LogP contribution in [0.3, 0.4) is 0 Å². The minimum Gasteiger partial charge on any atom is -0.465 e. The zero-order valence-electron chi connectivity index (χ0n) is 13.1. The van der Waals surface area contributed by atoms with Crippen LogP contribution in [0.4, 0.5) is 5.82 Å². The third-order valence-electron chi connectivity index (χ3n) is 4.09. The minimum atomic E-state index is -0.196. The molecule has 1 aromatic carbocycles. The summed E-state index contributed by atoms with van der Waals surface area (Å²) in [6.45, 7) is 0. The Bertz CT molecular complexity index is 877. The van der Waals surface area contributed by atoms with Crippen molar-refractivity contribution in [2.75, 3.05) is 5.32 Å². The molecule has 1 amide bonds. The first kappa shape index (κ1) is 14.5. The summed E-state index contributed by atoms with van der Waals surface area (Å²) in [5.74, 6) is 1.22. The van der Waals surface area contributed by atoms with Crippen molar-refractivity contribution < 1.29 is 9.21 Å². The van der Waals surface area contributed by atoms with Gasteiger partial charge in [0.05, 0.1) is 17.6 Å². The van der Waals surface area contributed by atoms with Gasteiger partial charge in [-0.25, -0.2) is 4.68 Å². The van der Waals surface area contributed by atoms with Gasteiger partial charge in [0.1, 0.15) is 11.6 Å². The molecule has 0 fully saturated rings. The van der Waals surface area contributed by atoms with E-state index in [-0.39, 0.29) is 5.91 Å². The highest BCUT2D eigenvalue weighted by Crippen LogP contribution is 2.30. The summed E-state index contributed by atoms with van der Waals surface area (Å²) in [5.41, 5.74) is 3.15. The van der Waals surface area contributed by atoms with E-state index in [1.54, 1.807) is 24.5 Å². The number of para-hydroxylation sites is 1.